The van der Waals surface area contributed by atoms with Crippen LogP contribution in [0.1, 0.15) is 12.8 Å². The van der Waals surface area contributed by atoms with Gasteiger partial charge in [-0.05, 0) is 19.1 Å². The van der Waals surface area contributed by atoms with Gasteiger partial charge in [0.1, 0.15) is 12.2 Å². The van der Waals surface area contributed by atoms with Gasteiger partial charge in [-0.3, -0.25) is 4.79 Å². The number of aromatic nitrogens is 2. The van der Waals surface area contributed by atoms with Gasteiger partial charge in [-0.2, -0.15) is 4.98 Å². The Labute approximate surface area is 110 Å². The van der Waals surface area contributed by atoms with Crippen LogP contribution in [-0.2, 0) is 16.0 Å². The first-order valence-electron chi connectivity index (χ1n) is 5.85. The van der Waals surface area contributed by atoms with Crippen molar-refractivity contribution in [2.24, 2.45) is 0 Å². The number of carbonyl (C=O) groups excluding carboxylic acids is 1. The molecule has 0 radical (unpaired) electrons. The molecule has 0 atom stereocenters. The molecule has 1 aromatic heterocycles. The molecular weight excluding hydrogens is 248 g/mol. The van der Waals surface area contributed by atoms with Crippen LogP contribution in [0.5, 0.6) is 5.75 Å². The summed E-state index contributed by atoms with van der Waals surface area (Å²) < 4.78 is 14.9. The smallest absolute Gasteiger partial charge is 0.315 e. The zero-order valence-electron chi connectivity index (χ0n) is 10.8. The van der Waals surface area contributed by atoms with Crippen LogP contribution >= 0.6 is 0 Å². The Balaban J connectivity index is 2.13. The van der Waals surface area contributed by atoms with Gasteiger partial charge in [0, 0.05) is 5.56 Å². The van der Waals surface area contributed by atoms with E-state index in [1.54, 1.807) is 20.1 Å². The minimum absolute atomic E-state index is 0.0230. The van der Waals surface area contributed by atoms with Crippen LogP contribution in [0, 0.1) is 0 Å². The molecule has 0 aliphatic heterocycles. The summed E-state index contributed by atoms with van der Waals surface area (Å²) in [6, 6.07) is 7.28. The number of benzene rings is 1. The zero-order valence-corrected chi connectivity index (χ0v) is 10.8. The SMILES string of the molecule is CCOC(=O)Cc1nc(-c2cccc(OC)c2)no1. The number of hydrogen-bond donors (Lipinski definition) is 0. The van der Waals surface area contributed by atoms with Crippen LogP contribution < -0.4 is 4.74 Å². The number of carbonyl (C=O) groups is 1. The monoisotopic (exact) mass is 262 g/mol. The Morgan fingerprint density at radius 3 is 3.00 bits per heavy atom. The van der Waals surface area contributed by atoms with E-state index in [1.807, 2.05) is 18.2 Å². The Morgan fingerprint density at radius 1 is 1.42 bits per heavy atom. The molecular formula is C13H14N2O4. The van der Waals surface area contributed by atoms with E-state index in [-0.39, 0.29) is 18.3 Å². The largest absolute Gasteiger partial charge is 0.497 e. The molecule has 0 saturated carbocycles. The van der Waals surface area contributed by atoms with Crippen molar-refractivity contribution in [3.63, 3.8) is 0 Å². The van der Waals surface area contributed by atoms with E-state index in [2.05, 4.69) is 10.1 Å². The number of esters is 1. The lowest BCUT2D eigenvalue weighted by Gasteiger charge is -1.99. The van der Waals surface area contributed by atoms with Gasteiger partial charge < -0.3 is 14.0 Å². The van der Waals surface area contributed by atoms with E-state index < -0.39 is 0 Å². The van der Waals surface area contributed by atoms with Gasteiger partial charge in [0.2, 0.25) is 11.7 Å². The molecule has 2 rings (SSSR count). The molecule has 0 fully saturated rings. The Bertz CT molecular complexity index is 565. The number of nitrogens with zero attached hydrogens (tertiary/aromatic N) is 2. The molecule has 19 heavy (non-hydrogen) atoms. The summed E-state index contributed by atoms with van der Waals surface area (Å²) in [4.78, 5) is 15.4. The van der Waals surface area contributed by atoms with Crippen LogP contribution in [0.15, 0.2) is 28.8 Å². The van der Waals surface area contributed by atoms with Crippen LogP contribution in [0.3, 0.4) is 0 Å². The third-order valence-electron chi connectivity index (χ3n) is 2.40. The fourth-order valence-electron chi connectivity index (χ4n) is 1.54. The van der Waals surface area contributed by atoms with Crippen molar-refractivity contribution < 1.29 is 18.8 Å². The number of ether oxygens (including phenoxy) is 2. The van der Waals surface area contributed by atoms with Crippen molar-refractivity contribution in [1.82, 2.24) is 10.1 Å². The third kappa shape index (κ3) is 3.31. The van der Waals surface area contributed by atoms with Crippen molar-refractivity contribution in [1.29, 1.82) is 0 Å². The molecule has 0 amide bonds. The first-order chi connectivity index (χ1) is 9.22. The van der Waals surface area contributed by atoms with Crippen molar-refractivity contribution >= 4 is 5.97 Å². The van der Waals surface area contributed by atoms with E-state index in [4.69, 9.17) is 14.0 Å². The van der Waals surface area contributed by atoms with E-state index in [9.17, 15) is 4.79 Å². The fourth-order valence-corrected chi connectivity index (χ4v) is 1.54. The van der Waals surface area contributed by atoms with E-state index in [0.717, 1.165) is 5.56 Å². The Hall–Kier alpha value is -2.37. The highest BCUT2D eigenvalue weighted by Crippen LogP contribution is 2.21. The fraction of sp³-hybridized carbons (Fsp3) is 0.308. The molecule has 6 heteroatoms. The first kappa shape index (κ1) is 13.1. The minimum atomic E-state index is -0.386. The van der Waals surface area contributed by atoms with E-state index in [1.165, 1.54) is 0 Å². The average Bonchev–Trinajstić information content (AvgIpc) is 2.87. The maximum absolute atomic E-state index is 11.3. The molecule has 0 aliphatic carbocycles. The van der Waals surface area contributed by atoms with Crippen molar-refractivity contribution in [2.45, 2.75) is 13.3 Å². The molecule has 0 aliphatic rings. The van der Waals surface area contributed by atoms with Crippen LogP contribution in [0.25, 0.3) is 11.4 Å². The lowest BCUT2D eigenvalue weighted by Crippen LogP contribution is -2.07. The highest BCUT2D eigenvalue weighted by molar-refractivity contribution is 5.71. The summed E-state index contributed by atoms with van der Waals surface area (Å²) in [5.74, 6) is 0.965. The summed E-state index contributed by atoms with van der Waals surface area (Å²) >= 11 is 0. The lowest BCUT2D eigenvalue weighted by molar-refractivity contribution is -0.142. The van der Waals surface area contributed by atoms with E-state index >= 15 is 0 Å². The lowest BCUT2D eigenvalue weighted by atomic mass is 10.2. The molecule has 1 heterocycles. The predicted octanol–water partition coefficient (Wildman–Crippen LogP) is 1.85. The second-order valence-corrected chi connectivity index (χ2v) is 3.73. The van der Waals surface area contributed by atoms with Crippen molar-refractivity contribution in [3.8, 4) is 17.1 Å². The summed E-state index contributed by atoms with van der Waals surface area (Å²) in [7, 11) is 1.58. The van der Waals surface area contributed by atoms with Crippen LogP contribution in [0.2, 0.25) is 0 Å². The standard InChI is InChI=1S/C13H14N2O4/c1-3-18-12(16)8-11-14-13(15-19-11)9-5-4-6-10(7-9)17-2/h4-7H,3,8H2,1-2H3. The highest BCUT2D eigenvalue weighted by Gasteiger charge is 2.13. The van der Waals surface area contributed by atoms with Crippen LogP contribution in [-0.4, -0.2) is 29.8 Å². The first-order valence-corrected chi connectivity index (χ1v) is 5.85. The topological polar surface area (TPSA) is 74.5 Å². The normalized spacial score (nSPS) is 10.2. The van der Waals surface area contributed by atoms with Gasteiger partial charge >= 0.3 is 5.97 Å². The Kier molecular flexibility index (Phi) is 4.12. The zero-order chi connectivity index (χ0) is 13.7. The second-order valence-electron chi connectivity index (χ2n) is 3.73. The number of methoxy groups -OCH3 is 1. The summed E-state index contributed by atoms with van der Waals surface area (Å²) in [5, 5.41) is 3.83. The molecule has 0 unspecified atom stereocenters. The maximum Gasteiger partial charge on any atom is 0.315 e. The van der Waals surface area contributed by atoms with Gasteiger partial charge in [0.15, 0.2) is 0 Å². The molecule has 0 spiro atoms. The quantitative estimate of drug-likeness (QED) is 0.765. The molecule has 100 valence electrons. The highest BCUT2D eigenvalue weighted by atomic mass is 16.5. The predicted molar refractivity (Wildman–Crippen MR) is 66.6 cm³/mol. The number of hydrogen-bond acceptors (Lipinski definition) is 6. The van der Waals surface area contributed by atoms with Gasteiger partial charge in [0.25, 0.3) is 0 Å². The van der Waals surface area contributed by atoms with Crippen LogP contribution in [0.4, 0.5) is 0 Å². The van der Waals surface area contributed by atoms with Crippen molar-refractivity contribution in [3.05, 3.63) is 30.2 Å². The Morgan fingerprint density at radius 2 is 2.26 bits per heavy atom. The molecule has 1 aromatic carbocycles. The van der Waals surface area contributed by atoms with Gasteiger partial charge in [-0.15, -0.1) is 0 Å². The molecule has 2 aromatic rings. The molecule has 0 saturated heterocycles. The van der Waals surface area contributed by atoms with Gasteiger partial charge in [-0.1, -0.05) is 17.3 Å². The maximum atomic E-state index is 11.3. The second kappa shape index (κ2) is 5.99. The van der Waals surface area contributed by atoms with Gasteiger partial charge in [-0.25, -0.2) is 0 Å². The van der Waals surface area contributed by atoms with E-state index in [0.29, 0.717) is 18.2 Å². The molecule has 6 nitrogen and oxygen atoms in total. The number of rotatable bonds is 5. The third-order valence-corrected chi connectivity index (χ3v) is 2.40. The van der Waals surface area contributed by atoms with Crippen molar-refractivity contribution in [2.75, 3.05) is 13.7 Å². The summed E-state index contributed by atoms with van der Waals surface area (Å²) in [6.45, 7) is 2.07. The summed E-state index contributed by atoms with van der Waals surface area (Å²) in [6.07, 6.45) is -0.0230. The minimum Gasteiger partial charge on any atom is -0.497 e. The van der Waals surface area contributed by atoms with Gasteiger partial charge in [0.05, 0.1) is 13.7 Å². The molecule has 0 bridgehead atoms. The average molecular weight is 262 g/mol. The summed E-state index contributed by atoms with van der Waals surface area (Å²) in [5.41, 5.74) is 0.762. The molecule has 0 N–H and O–H groups in total.